The Morgan fingerprint density at radius 3 is 2.47 bits per heavy atom. The Morgan fingerprint density at radius 1 is 1.37 bits per heavy atom. The Balaban J connectivity index is 3.01. The molecular formula is C15H23NO3. The highest BCUT2D eigenvalue weighted by Crippen LogP contribution is 2.31. The zero-order valence-electron chi connectivity index (χ0n) is 12.3. The van der Waals surface area contributed by atoms with Crippen LogP contribution in [-0.2, 0) is 4.79 Å². The van der Waals surface area contributed by atoms with Gasteiger partial charge in [0, 0.05) is 18.8 Å². The van der Waals surface area contributed by atoms with Crippen LogP contribution in [0.1, 0.15) is 38.7 Å². The minimum absolute atomic E-state index is 0.0501. The predicted octanol–water partition coefficient (Wildman–Crippen LogP) is 3.12. The topological polar surface area (TPSA) is 49.8 Å². The Kier molecular flexibility index (Phi) is 5.21. The number of carboxylic acids is 1. The van der Waals surface area contributed by atoms with Crippen molar-refractivity contribution in [2.45, 2.75) is 39.2 Å². The van der Waals surface area contributed by atoms with Crippen LogP contribution in [0.3, 0.4) is 0 Å². The molecule has 19 heavy (non-hydrogen) atoms. The van der Waals surface area contributed by atoms with Crippen molar-refractivity contribution in [3.8, 4) is 5.75 Å². The number of aliphatic carboxylic acids is 1. The fraction of sp³-hybridized carbons (Fsp3) is 0.533. The molecule has 0 bridgehead atoms. The second-order valence-corrected chi connectivity index (χ2v) is 5.14. The molecule has 0 saturated heterocycles. The Hall–Kier alpha value is -1.71. The summed E-state index contributed by atoms with van der Waals surface area (Å²) in [5.41, 5.74) is 2.15. The van der Waals surface area contributed by atoms with E-state index in [4.69, 9.17) is 9.84 Å². The lowest BCUT2D eigenvalue weighted by Crippen LogP contribution is -2.31. The summed E-state index contributed by atoms with van der Waals surface area (Å²) >= 11 is 0. The summed E-state index contributed by atoms with van der Waals surface area (Å²) in [4.78, 5) is 12.8. The average Bonchev–Trinajstić information content (AvgIpc) is 2.36. The maximum atomic E-state index is 10.8. The van der Waals surface area contributed by atoms with E-state index in [1.54, 1.807) is 7.11 Å². The third-order valence-corrected chi connectivity index (χ3v) is 3.37. The van der Waals surface area contributed by atoms with E-state index in [2.05, 4.69) is 19.9 Å². The molecule has 0 saturated carbocycles. The first-order valence-electron chi connectivity index (χ1n) is 6.49. The van der Waals surface area contributed by atoms with Crippen molar-refractivity contribution >= 4 is 11.7 Å². The molecule has 1 rings (SSSR count). The van der Waals surface area contributed by atoms with E-state index in [1.165, 1.54) is 0 Å². The monoisotopic (exact) mass is 265 g/mol. The molecular weight excluding hydrogens is 242 g/mol. The van der Waals surface area contributed by atoms with Crippen LogP contribution in [0, 0.1) is 0 Å². The Bertz CT molecular complexity index is 443. The third kappa shape index (κ3) is 3.88. The highest BCUT2D eigenvalue weighted by atomic mass is 16.5. The van der Waals surface area contributed by atoms with Crippen LogP contribution in [0.5, 0.6) is 5.75 Å². The fourth-order valence-corrected chi connectivity index (χ4v) is 2.04. The van der Waals surface area contributed by atoms with Gasteiger partial charge in [0.05, 0.1) is 13.5 Å². The fourth-order valence-electron chi connectivity index (χ4n) is 2.04. The highest BCUT2D eigenvalue weighted by molar-refractivity contribution is 5.68. The number of hydrogen-bond acceptors (Lipinski definition) is 3. The number of anilines is 1. The van der Waals surface area contributed by atoms with Crippen molar-refractivity contribution in [3.63, 3.8) is 0 Å². The van der Waals surface area contributed by atoms with Gasteiger partial charge in [-0.3, -0.25) is 4.79 Å². The molecule has 0 fully saturated rings. The van der Waals surface area contributed by atoms with Crippen molar-refractivity contribution in [2.24, 2.45) is 0 Å². The van der Waals surface area contributed by atoms with Crippen LogP contribution >= 0.6 is 0 Å². The van der Waals surface area contributed by atoms with E-state index in [0.29, 0.717) is 5.92 Å². The standard InChI is InChI=1S/C15H23NO3/c1-10(2)13-9-12(6-7-14(13)19-5)16(4)11(3)8-15(17)18/h6-7,9-11H,8H2,1-5H3,(H,17,18). The molecule has 0 aliphatic carbocycles. The second kappa shape index (κ2) is 6.45. The molecule has 1 aromatic carbocycles. The SMILES string of the molecule is COc1ccc(N(C)C(C)CC(=O)O)cc1C(C)C. The van der Waals surface area contributed by atoms with Crippen LogP contribution in [0.2, 0.25) is 0 Å². The molecule has 0 spiro atoms. The number of hydrogen-bond donors (Lipinski definition) is 1. The van der Waals surface area contributed by atoms with Gasteiger partial charge in [-0.1, -0.05) is 13.8 Å². The summed E-state index contributed by atoms with van der Waals surface area (Å²) < 4.78 is 5.35. The van der Waals surface area contributed by atoms with Gasteiger partial charge in [0.25, 0.3) is 0 Å². The third-order valence-electron chi connectivity index (χ3n) is 3.37. The Labute approximate surface area is 115 Å². The number of ether oxygens (including phenoxy) is 1. The largest absolute Gasteiger partial charge is 0.496 e. The van der Waals surface area contributed by atoms with Gasteiger partial charge in [-0.15, -0.1) is 0 Å². The van der Waals surface area contributed by atoms with Gasteiger partial charge in [-0.2, -0.15) is 0 Å². The molecule has 0 aromatic heterocycles. The van der Waals surface area contributed by atoms with Gasteiger partial charge in [-0.05, 0) is 36.6 Å². The average molecular weight is 265 g/mol. The summed E-state index contributed by atoms with van der Waals surface area (Å²) in [7, 11) is 3.58. The van der Waals surface area contributed by atoms with E-state index in [-0.39, 0.29) is 12.5 Å². The molecule has 0 radical (unpaired) electrons. The second-order valence-electron chi connectivity index (χ2n) is 5.14. The predicted molar refractivity (Wildman–Crippen MR) is 77.2 cm³/mol. The van der Waals surface area contributed by atoms with Gasteiger partial charge in [0.1, 0.15) is 5.75 Å². The molecule has 0 heterocycles. The summed E-state index contributed by atoms with van der Waals surface area (Å²) in [6, 6.07) is 5.92. The number of carboxylic acid groups (broad SMARTS) is 1. The van der Waals surface area contributed by atoms with E-state index in [9.17, 15) is 4.79 Å². The molecule has 4 nitrogen and oxygen atoms in total. The minimum Gasteiger partial charge on any atom is -0.496 e. The number of methoxy groups -OCH3 is 1. The van der Waals surface area contributed by atoms with Crippen molar-refractivity contribution in [1.82, 2.24) is 0 Å². The lowest BCUT2D eigenvalue weighted by atomic mass is 10.0. The van der Waals surface area contributed by atoms with E-state index in [0.717, 1.165) is 17.0 Å². The van der Waals surface area contributed by atoms with Crippen molar-refractivity contribution in [1.29, 1.82) is 0 Å². The summed E-state index contributed by atoms with van der Waals surface area (Å²) in [5, 5.41) is 8.86. The molecule has 106 valence electrons. The van der Waals surface area contributed by atoms with Gasteiger partial charge >= 0.3 is 5.97 Å². The lowest BCUT2D eigenvalue weighted by Gasteiger charge is -2.27. The minimum atomic E-state index is -0.781. The van der Waals surface area contributed by atoms with Gasteiger partial charge in [0.15, 0.2) is 0 Å². The van der Waals surface area contributed by atoms with Crippen molar-refractivity contribution in [3.05, 3.63) is 23.8 Å². The van der Waals surface area contributed by atoms with Crippen molar-refractivity contribution in [2.75, 3.05) is 19.1 Å². The summed E-state index contributed by atoms with van der Waals surface area (Å²) in [6.45, 7) is 6.14. The highest BCUT2D eigenvalue weighted by Gasteiger charge is 2.16. The van der Waals surface area contributed by atoms with Crippen LogP contribution in [0.4, 0.5) is 5.69 Å². The molecule has 1 aromatic rings. The van der Waals surface area contributed by atoms with Gasteiger partial charge in [0.2, 0.25) is 0 Å². The first-order valence-corrected chi connectivity index (χ1v) is 6.49. The normalized spacial score (nSPS) is 12.3. The van der Waals surface area contributed by atoms with Crippen LogP contribution < -0.4 is 9.64 Å². The summed E-state index contributed by atoms with van der Waals surface area (Å²) in [6.07, 6.45) is 0.125. The summed E-state index contributed by atoms with van der Waals surface area (Å²) in [5.74, 6) is 0.452. The molecule has 1 N–H and O–H groups in total. The number of nitrogens with zero attached hydrogens (tertiary/aromatic N) is 1. The van der Waals surface area contributed by atoms with E-state index >= 15 is 0 Å². The number of benzene rings is 1. The first kappa shape index (κ1) is 15.3. The first-order chi connectivity index (χ1) is 8.86. The smallest absolute Gasteiger partial charge is 0.305 e. The van der Waals surface area contributed by atoms with E-state index in [1.807, 2.05) is 31.0 Å². The molecule has 1 unspecified atom stereocenters. The van der Waals surface area contributed by atoms with Gasteiger partial charge < -0.3 is 14.7 Å². The molecule has 4 heteroatoms. The quantitative estimate of drug-likeness (QED) is 0.858. The zero-order chi connectivity index (χ0) is 14.6. The maximum absolute atomic E-state index is 10.8. The molecule has 0 aliphatic rings. The number of rotatable bonds is 6. The van der Waals surface area contributed by atoms with Crippen LogP contribution in [-0.4, -0.2) is 31.3 Å². The van der Waals surface area contributed by atoms with Crippen LogP contribution in [0.15, 0.2) is 18.2 Å². The van der Waals surface area contributed by atoms with Gasteiger partial charge in [-0.25, -0.2) is 0 Å². The molecule has 0 amide bonds. The van der Waals surface area contributed by atoms with Crippen LogP contribution in [0.25, 0.3) is 0 Å². The molecule has 1 atom stereocenters. The zero-order valence-corrected chi connectivity index (χ0v) is 12.3. The van der Waals surface area contributed by atoms with E-state index < -0.39 is 5.97 Å². The lowest BCUT2D eigenvalue weighted by molar-refractivity contribution is -0.137. The van der Waals surface area contributed by atoms with Crippen molar-refractivity contribution < 1.29 is 14.6 Å². The maximum Gasteiger partial charge on any atom is 0.305 e. The Morgan fingerprint density at radius 2 is 2.00 bits per heavy atom. The molecule has 0 aliphatic heterocycles. The number of carbonyl (C=O) groups is 1.